The van der Waals surface area contributed by atoms with Gasteiger partial charge in [-0.3, -0.25) is 14.1 Å². The van der Waals surface area contributed by atoms with Crippen molar-refractivity contribution in [2.75, 3.05) is 13.2 Å². The lowest BCUT2D eigenvalue weighted by Gasteiger charge is -2.18. The average molecular weight is 767 g/mol. The van der Waals surface area contributed by atoms with Crippen molar-refractivity contribution in [1.82, 2.24) is 0 Å². The van der Waals surface area contributed by atoms with Gasteiger partial charge in [-0.25, -0.2) is 4.57 Å². The third kappa shape index (κ3) is 42.6. The van der Waals surface area contributed by atoms with E-state index in [2.05, 4.69) is 67.0 Å². The van der Waals surface area contributed by atoms with Gasteiger partial charge in [-0.2, -0.15) is 0 Å². The molecule has 0 aliphatic carbocycles. The van der Waals surface area contributed by atoms with Crippen LogP contribution in [-0.2, 0) is 28.2 Å². The predicted octanol–water partition coefficient (Wildman–Crippen LogP) is 13.1. The highest BCUT2D eigenvalue weighted by Crippen LogP contribution is 2.36. The Bertz CT molecular complexity index is 999. The largest absolute Gasteiger partial charge is 0.469 e. The third-order valence-corrected chi connectivity index (χ3v) is 9.59. The number of carbonyl (C=O) groups is 2. The van der Waals surface area contributed by atoms with Crippen LogP contribution in [0.3, 0.4) is 0 Å². The Balaban J connectivity index is 3.97. The first-order valence-corrected chi connectivity index (χ1v) is 23.0. The fourth-order valence-electron chi connectivity index (χ4n) is 5.89. The Labute approximate surface area is 324 Å². The lowest BCUT2D eigenvalue weighted by atomic mass is 10.0. The van der Waals surface area contributed by atoms with Crippen LogP contribution in [0.25, 0.3) is 0 Å². The summed E-state index contributed by atoms with van der Waals surface area (Å²) in [7, 11) is -4.76. The van der Waals surface area contributed by atoms with Gasteiger partial charge in [-0.15, -0.1) is 0 Å². The summed E-state index contributed by atoms with van der Waals surface area (Å²) >= 11 is 0. The smallest absolute Gasteiger partial charge is 0.462 e. The fraction of sp³-hybridized carbons (Fsp3) is 0.773. The average Bonchev–Trinajstić information content (AvgIpc) is 3.13. The van der Waals surface area contributed by atoms with E-state index in [1.807, 2.05) is 0 Å². The second-order valence-electron chi connectivity index (χ2n) is 14.3. The van der Waals surface area contributed by atoms with E-state index in [1.165, 1.54) is 103 Å². The van der Waals surface area contributed by atoms with Crippen LogP contribution in [0.5, 0.6) is 0 Å². The van der Waals surface area contributed by atoms with Crippen molar-refractivity contribution in [3.05, 3.63) is 48.6 Å². The van der Waals surface area contributed by atoms with E-state index in [0.29, 0.717) is 12.8 Å². The van der Waals surface area contributed by atoms with E-state index < -0.39 is 32.5 Å². The molecule has 0 unspecified atom stereocenters. The summed E-state index contributed by atoms with van der Waals surface area (Å²) in [6.07, 6.45) is 48.3. The van der Waals surface area contributed by atoms with Crippen LogP contribution >= 0.6 is 7.82 Å². The second-order valence-corrected chi connectivity index (χ2v) is 15.6. The van der Waals surface area contributed by atoms with Crippen LogP contribution < -0.4 is 0 Å². The molecular formula is C44H79O8P. The standard InChI is InChI=1S/C44H79O8P/c1-3-5-7-9-11-13-15-17-19-21-22-23-25-26-28-30-32-34-36-38-43(45)50-40-42(41-51-53(47,48)49)52-44(46)39-37-35-33-31-29-27-24-20-18-16-14-12-10-8-6-4-2/h11,13,17,19,22-23,26,28,42H,3-10,12,14-16,18,20-21,24-25,27,29-41H2,1-2H3,(H2,47,48,49)/b13-11-,19-17-,23-22-,28-26-/t42-/m1/s1. The molecule has 0 aromatic rings. The Kier molecular flexibility index (Phi) is 38.2. The van der Waals surface area contributed by atoms with Gasteiger partial charge in [-0.1, -0.05) is 178 Å². The summed E-state index contributed by atoms with van der Waals surface area (Å²) in [6, 6.07) is 0. The molecule has 0 bridgehead atoms. The van der Waals surface area contributed by atoms with Crippen LogP contribution in [0.4, 0.5) is 0 Å². The summed E-state index contributed by atoms with van der Waals surface area (Å²) in [5, 5.41) is 0. The number of allylic oxidation sites excluding steroid dienone is 8. The van der Waals surface area contributed by atoms with Gasteiger partial charge in [0.25, 0.3) is 0 Å². The molecule has 1 atom stereocenters. The van der Waals surface area contributed by atoms with Gasteiger partial charge in [0.15, 0.2) is 6.10 Å². The normalized spacial score (nSPS) is 12.9. The highest BCUT2D eigenvalue weighted by Gasteiger charge is 2.22. The number of ether oxygens (including phenoxy) is 2. The lowest BCUT2D eigenvalue weighted by Crippen LogP contribution is -2.29. The molecular weight excluding hydrogens is 687 g/mol. The summed E-state index contributed by atoms with van der Waals surface area (Å²) in [6.45, 7) is 3.64. The Morgan fingerprint density at radius 2 is 0.849 bits per heavy atom. The number of phosphoric acid groups is 1. The molecule has 2 N–H and O–H groups in total. The molecule has 0 spiro atoms. The summed E-state index contributed by atoms with van der Waals surface area (Å²) in [4.78, 5) is 42.9. The number of hydrogen-bond acceptors (Lipinski definition) is 6. The third-order valence-electron chi connectivity index (χ3n) is 9.10. The van der Waals surface area contributed by atoms with Gasteiger partial charge < -0.3 is 19.3 Å². The van der Waals surface area contributed by atoms with Gasteiger partial charge in [0.2, 0.25) is 0 Å². The minimum Gasteiger partial charge on any atom is -0.462 e. The van der Waals surface area contributed by atoms with Crippen molar-refractivity contribution in [3.63, 3.8) is 0 Å². The zero-order valence-corrected chi connectivity index (χ0v) is 34.8. The monoisotopic (exact) mass is 767 g/mol. The molecule has 0 aliphatic heterocycles. The Morgan fingerprint density at radius 1 is 0.491 bits per heavy atom. The first kappa shape index (κ1) is 51.0. The zero-order valence-electron chi connectivity index (χ0n) is 33.9. The molecule has 0 rings (SSSR count). The summed E-state index contributed by atoms with van der Waals surface area (Å²) in [5.74, 6) is -0.916. The maximum Gasteiger partial charge on any atom is 0.469 e. The lowest BCUT2D eigenvalue weighted by molar-refractivity contribution is -0.161. The van der Waals surface area contributed by atoms with Crippen molar-refractivity contribution in [3.8, 4) is 0 Å². The van der Waals surface area contributed by atoms with Gasteiger partial charge >= 0.3 is 19.8 Å². The van der Waals surface area contributed by atoms with Crippen molar-refractivity contribution < 1.29 is 37.9 Å². The molecule has 0 aromatic carbocycles. The first-order chi connectivity index (χ1) is 25.8. The molecule has 0 saturated carbocycles. The van der Waals surface area contributed by atoms with E-state index in [1.54, 1.807) is 0 Å². The van der Waals surface area contributed by atoms with Gasteiger partial charge in [0, 0.05) is 12.8 Å². The maximum absolute atomic E-state index is 12.4. The highest BCUT2D eigenvalue weighted by molar-refractivity contribution is 7.46. The number of unbranched alkanes of at least 4 members (excludes halogenated alkanes) is 21. The van der Waals surface area contributed by atoms with E-state index >= 15 is 0 Å². The number of phosphoric ester groups is 1. The number of carbonyl (C=O) groups excluding carboxylic acids is 2. The maximum atomic E-state index is 12.4. The van der Waals surface area contributed by atoms with Crippen LogP contribution in [0.15, 0.2) is 48.6 Å². The molecule has 0 saturated heterocycles. The number of esters is 2. The molecule has 9 heteroatoms. The molecule has 0 heterocycles. The van der Waals surface area contributed by atoms with Crippen molar-refractivity contribution in [2.24, 2.45) is 0 Å². The van der Waals surface area contributed by atoms with Gasteiger partial charge in [0.05, 0.1) is 6.61 Å². The molecule has 0 amide bonds. The highest BCUT2D eigenvalue weighted by atomic mass is 31.2. The number of hydrogen-bond donors (Lipinski definition) is 2. The Morgan fingerprint density at radius 3 is 1.30 bits per heavy atom. The van der Waals surface area contributed by atoms with E-state index in [-0.39, 0.29) is 19.4 Å². The van der Waals surface area contributed by atoms with E-state index in [4.69, 9.17) is 19.3 Å². The SMILES string of the molecule is CCCCC/C=C\C/C=C\C/C=C\C/C=C\CCCCCC(=O)OC[C@H](COP(=O)(O)O)OC(=O)CCCCCCCCCCCCCCCCCC. The number of rotatable bonds is 39. The van der Waals surface area contributed by atoms with Crippen molar-refractivity contribution in [1.29, 1.82) is 0 Å². The fourth-order valence-corrected chi connectivity index (χ4v) is 6.25. The molecule has 0 radical (unpaired) electrons. The zero-order chi connectivity index (χ0) is 38.9. The van der Waals surface area contributed by atoms with E-state index in [9.17, 15) is 14.2 Å². The minimum atomic E-state index is -4.76. The van der Waals surface area contributed by atoms with Crippen LogP contribution in [0.2, 0.25) is 0 Å². The van der Waals surface area contributed by atoms with Crippen molar-refractivity contribution >= 4 is 19.8 Å². The molecule has 308 valence electrons. The van der Waals surface area contributed by atoms with Gasteiger partial charge in [0.1, 0.15) is 6.61 Å². The predicted molar refractivity (Wildman–Crippen MR) is 221 cm³/mol. The minimum absolute atomic E-state index is 0.207. The van der Waals surface area contributed by atoms with Crippen LogP contribution in [0, 0.1) is 0 Å². The second kappa shape index (κ2) is 39.7. The summed E-state index contributed by atoms with van der Waals surface area (Å²) in [5.41, 5.74) is 0. The molecule has 8 nitrogen and oxygen atoms in total. The topological polar surface area (TPSA) is 119 Å². The van der Waals surface area contributed by atoms with Crippen LogP contribution in [-0.4, -0.2) is 41.0 Å². The first-order valence-electron chi connectivity index (χ1n) is 21.4. The molecule has 0 fully saturated rings. The molecule has 53 heavy (non-hydrogen) atoms. The van der Waals surface area contributed by atoms with Crippen molar-refractivity contribution in [2.45, 2.75) is 206 Å². The molecule has 0 aliphatic rings. The van der Waals surface area contributed by atoms with Gasteiger partial charge in [-0.05, 0) is 57.8 Å². The summed E-state index contributed by atoms with van der Waals surface area (Å²) < 4.78 is 26.4. The Hall–Kier alpha value is -1.99. The molecule has 0 aromatic heterocycles. The van der Waals surface area contributed by atoms with E-state index in [0.717, 1.165) is 57.8 Å². The quantitative estimate of drug-likeness (QED) is 0.0275. The van der Waals surface area contributed by atoms with Crippen LogP contribution in [0.1, 0.15) is 200 Å².